The summed E-state index contributed by atoms with van der Waals surface area (Å²) in [4.78, 5) is 16.0. The van der Waals surface area contributed by atoms with Crippen LogP contribution in [0.15, 0.2) is 30.7 Å². The number of imidazole rings is 1. The first kappa shape index (κ1) is 13.7. The van der Waals surface area contributed by atoms with Crippen molar-refractivity contribution in [2.75, 3.05) is 6.54 Å². The van der Waals surface area contributed by atoms with E-state index in [1.54, 1.807) is 17.1 Å². The van der Waals surface area contributed by atoms with E-state index in [9.17, 15) is 9.18 Å². The second kappa shape index (κ2) is 5.95. The molecule has 0 amide bonds. The predicted octanol–water partition coefficient (Wildman–Crippen LogP) is 2.06. The molecule has 4 nitrogen and oxygen atoms in total. The molecular weight excluding hydrogens is 269 g/mol. The van der Waals surface area contributed by atoms with Gasteiger partial charge in [-0.3, -0.25) is 4.79 Å². The quantitative estimate of drug-likeness (QED) is 0.854. The number of hydrogen-bond acceptors (Lipinski definition) is 3. The monoisotopic (exact) mass is 281 g/mol. The number of carbonyl (C=O) groups is 1. The average Bonchev–Trinajstić information content (AvgIpc) is 2.83. The molecule has 0 bridgehead atoms. The van der Waals surface area contributed by atoms with Crippen molar-refractivity contribution in [3.63, 3.8) is 0 Å². The van der Waals surface area contributed by atoms with Gasteiger partial charge in [0.05, 0.1) is 11.3 Å². The zero-order valence-corrected chi connectivity index (χ0v) is 10.9. The highest BCUT2D eigenvalue weighted by Crippen LogP contribution is 2.17. The van der Waals surface area contributed by atoms with Gasteiger partial charge in [0.1, 0.15) is 11.5 Å². The van der Waals surface area contributed by atoms with Crippen molar-refractivity contribution in [2.45, 2.75) is 13.0 Å². The molecule has 1 aromatic heterocycles. The van der Waals surface area contributed by atoms with Crippen molar-refractivity contribution >= 4 is 17.4 Å². The highest BCUT2D eigenvalue weighted by atomic mass is 35.5. The number of nitrogens with two attached hydrogens (primary N) is 1. The van der Waals surface area contributed by atoms with Crippen molar-refractivity contribution in [1.29, 1.82) is 0 Å². The third-order valence-corrected chi connectivity index (χ3v) is 2.94. The van der Waals surface area contributed by atoms with Crippen molar-refractivity contribution in [2.24, 2.45) is 5.73 Å². The minimum Gasteiger partial charge on any atom is -0.335 e. The van der Waals surface area contributed by atoms with Crippen LogP contribution >= 0.6 is 11.6 Å². The van der Waals surface area contributed by atoms with Crippen LogP contribution in [0.2, 0.25) is 5.02 Å². The third-order valence-electron chi connectivity index (χ3n) is 2.65. The molecule has 0 fully saturated rings. The molecule has 0 saturated heterocycles. The SMILES string of the molecule is NCCn1cnc(C(=O)Cc2ccc(F)c(Cl)c2)c1. The van der Waals surface area contributed by atoms with Gasteiger partial charge in [-0.05, 0) is 17.7 Å². The Balaban J connectivity index is 2.09. The van der Waals surface area contributed by atoms with Crippen molar-refractivity contribution in [3.8, 4) is 0 Å². The summed E-state index contributed by atoms with van der Waals surface area (Å²) >= 11 is 5.67. The van der Waals surface area contributed by atoms with Crippen LogP contribution in [0.1, 0.15) is 16.1 Å². The van der Waals surface area contributed by atoms with Crippen LogP contribution in [-0.4, -0.2) is 21.9 Å². The minimum absolute atomic E-state index is 0.0129. The van der Waals surface area contributed by atoms with Crippen LogP contribution in [0.3, 0.4) is 0 Å². The molecule has 2 rings (SSSR count). The highest BCUT2D eigenvalue weighted by Gasteiger charge is 2.11. The normalized spacial score (nSPS) is 10.7. The second-order valence-electron chi connectivity index (χ2n) is 4.13. The smallest absolute Gasteiger partial charge is 0.187 e. The third kappa shape index (κ3) is 3.39. The number of halogens is 2. The van der Waals surface area contributed by atoms with Crippen LogP contribution in [0.25, 0.3) is 0 Å². The molecule has 0 spiro atoms. The summed E-state index contributed by atoms with van der Waals surface area (Å²) in [6.07, 6.45) is 3.36. The first-order valence-electron chi connectivity index (χ1n) is 5.79. The van der Waals surface area contributed by atoms with Crippen LogP contribution in [0.5, 0.6) is 0 Å². The largest absolute Gasteiger partial charge is 0.335 e. The number of rotatable bonds is 5. The fourth-order valence-electron chi connectivity index (χ4n) is 1.70. The molecule has 19 heavy (non-hydrogen) atoms. The molecule has 0 aliphatic carbocycles. The molecule has 2 aromatic rings. The molecule has 0 radical (unpaired) electrons. The fraction of sp³-hybridized carbons (Fsp3) is 0.231. The minimum atomic E-state index is -0.495. The van der Waals surface area contributed by atoms with Gasteiger partial charge in [-0.2, -0.15) is 0 Å². The van der Waals surface area contributed by atoms with Gasteiger partial charge in [0.25, 0.3) is 0 Å². The summed E-state index contributed by atoms with van der Waals surface area (Å²) in [5, 5.41) is 0.0129. The van der Waals surface area contributed by atoms with Gasteiger partial charge in [0.15, 0.2) is 5.78 Å². The van der Waals surface area contributed by atoms with Gasteiger partial charge in [0.2, 0.25) is 0 Å². The number of ketones is 1. The van der Waals surface area contributed by atoms with Gasteiger partial charge in [0, 0.05) is 25.7 Å². The van der Waals surface area contributed by atoms with E-state index < -0.39 is 5.82 Å². The molecule has 0 aliphatic rings. The van der Waals surface area contributed by atoms with Gasteiger partial charge in [-0.25, -0.2) is 9.37 Å². The highest BCUT2D eigenvalue weighted by molar-refractivity contribution is 6.30. The number of Topliss-reactive ketones (excluding diaryl/α,β-unsaturated/α-hetero) is 1. The van der Waals surface area contributed by atoms with Crippen LogP contribution in [0.4, 0.5) is 4.39 Å². The fourth-order valence-corrected chi connectivity index (χ4v) is 1.90. The molecule has 2 N–H and O–H groups in total. The standard InChI is InChI=1S/C13H13ClFN3O/c14-10-5-9(1-2-11(10)15)6-13(19)12-7-18(4-3-16)8-17-12/h1-2,5,7-8H,3-4,6,16H2. The van der Waals surface area contributed by atoms with E-state index in [2.05, 4.69) is 4.98 Å². The summed E-state index contributed by atoms with van der Waals surface area (Å²) in [5.74, 6) is -0.636. The zero-order valence-electron chi connectivity index (χ0n) is 10.1. The van der Waals surface area contributed by atoms with Crippen LogP contribution in [-0.2, 0) is 13.0 Å². The van der Waals surface area contributed by atoms with E-state index in [0.717, 1.165) is 0 Å². The van der Waals surface area contributed by atoms with Crippen molar-refractivity contribution < 1.29 is 9.18 Å². The average molecular weight is 282 g/mol. The van der Waals surface area contributed by atoms with Gasteiger partial charge in [-0.1, -0.05) is 17.7 Å². The van der Waals surface area contributed by atoms with Gasteiger partial charge >= 0.3 is 0 Å². The molecule has 0 aliphatic heterocycles. The lowest BCUT2D eigenvalue weighted by atomic mass is 10.1. The number of carbonyl (C=O) groups excluding carboxylic acids is 1. The molecular formula is C13H13ClFN3O. The summed E-state index contributed by atoms with van der Waals surface area (Å²) < 4.78 is 14.8. The maximum atomic E-state index is 13.0. The maximum absolute atomic E-state index is 13.0. The molecule has 6 heteroatoms. The molecule has 1 aromatic carbocycles. The summed E-state index contributed by atoms with van der Waals surface area (Å²) in [6, 6.07) is 4.24. The Labute approximate surface area is 115 Å². The summed E-state index contributed by atoms with van der Waals surface area (Å²) in [6.45, 7) is 1.10. The molecule has 100 valence electrons. The van der Waals surface area contributed by atoms with Crippen LogP contribution in [0, 0.1) is 5.82 Å². The molecule has 1 heterocycles. The van der Waals surface area contributed by atoms with E-state index in [4.69, 9.17) is 17.3 Å². The van der Waals surface area contributed by atoms with E-state index in [1.165, 1.54) is 18.2 Å². The Kier molecular flexibility index (Phi) is 4.29. The lowest BCUT2D eigenvalue weighted by Gasteiger charge is -2.01. The van der Waals surface area contributed by atoms with E-state index in [-0.39, 0.29) is 17.2 Å². The van der Waals surface area contributed by atoms with Crippen molar-refractivity contribution in [1.82, 2.24) is 9.55 Å². The zero-order chi connectivity index (χ0) is 13.8. The number of benzene rings is 1. The van der Waals surface area contributed by atoms with E-state index in [1.807, 2.05) is 0 Å². The maximum Gasteiger partial charge on any atom is 0.187 e. The van der Waals surface area contributed by atoms with E-state index >= 15 is 0 Å². The molecule has 0 atom stereocenters. The lowest BCUT2D eigenvalue weighted by Crippen LogP contribution is -2.08. The molecule has 0 saturated carbocycles. The topological polar surface area (TPSA) is 60.9 Å². The predicted molar refractivity (Wildman–Crippen MR) is 70.7 cm³/mol. The number of aromatic nitrogens is 2. The first-order chi connectivity index (χ1) is 9.10. The van der Waals surface area contributed by atoms with Gasteiger partial charge in [-0.15, -0.1) is 0 Å². The van der Waals surface area contributed by atoms with Crippen LogP contribution < -0.4 is 5.73 Å². The number of hydrogen-bond donors (Lipinski definition) is 1. The Bertz CT molecular complexity index is 597. The Morgan fingerprint density at radius 2 is 2.26 bits per heavy atom. The van der Waals surface area contributed by atoms with Crippen molar-refractivity contribution in [3.05, 3.63) is 52.8 Å². The summed E-state index contributed by atoms with van der Waals surface area (Å²) in [7, 11) is 0. The Morgan fingerprint density at radius 3 is 2.95 bits per heavy atom. The molecule has 0 unspecified atom stereocenters. The second-order valence-corrected chi connectivity index (χ2v) is 4.54. The first-order valence-corrected chi connectivity index (χ1v) is 6.17. The number of nitrogens with zero attached hydrogens (tertiary/aromatic N) is 2. The Hall–Kier alpha value is -1.72. The Morgan fingerprint density at radius 1 is 1.47 bits per heavy atom. The van der Waals surface area contributed by atoms with E-state index in [0.29, 0.717) is 24.3 Å². The van der Waals surface area contributed by atoms with Gasteiger partial charge < -0.3 is 10.3 Å². The lowest BCUT2D eigenvalue weighted by molar-refractivity contribution is 0.0988. The summed E-state index contributed by atoms with van der Waals surface area (Å²) in [5.41, 5.74) is 6.44.